The molecule has 5 nitrogen and oxygen atoms in total. The zero-order chi connectivity index (χ0) is 18.8. The SMILES string of the molecule is COC(=O)c1ccc(F)c(S(=O)(=O)Nc2cccc(C(F)(F)F)c2)c1. The molecule has 0 aromatic heterocycles. The van der Waals surface area contributed by atoms with Gasteiger partial charge in [0.2, 0.25) is 0 Å². The van der Waals surface area contributed by atoms with Crippen molar-refractivity contribution in [1.29, 1.82) is 0 Å². The molecule has 0 saturated carbocycles. The fraction of sp³-hybridized carbons (Fsp3) is 0.133. The number of carbonyl (C=O) groups is 1. The Hall–Kier alpha value is -2.62. The lowest BCUT2D eigenvalue weighted by atomic mass is 10.2. The highest BCUT2D eigenvalue weighted by molar-refractivity contribution is 7.92. The number of methoxy groups -OCH3 is 1. The van der Waals surface area contributed by atoms with Crippen molar-refractivity contribution in [3.8, 4) is 0 Å². The topological polar surface area (TPSA) is 72.5 Å². The molecule has 0 fully saturated rings. The smallest absolute Gasteiger partial charge is 0.416 e. The molecule has 0 amide bonds. The number of hydrogen-bond donors (Lipinski definition) is 1. The van der Waals surface area contributed by atoms with Crippen LogP contribution in [0.4, 0.5) is 23.2 Å². The van der Waals surface area contributed by atoms with E-state index in [0.717, 1.165) is 43.5 Å². The van der Waals surface area contributed by atoms with Crippen molar-refractivity contribution in [2.24, 2.45) is 0 Å². The van der Waals surface area contributed by atoms with Gasteiger partial charge in [-0.25, -0.2) is 17.6 Å². The van der Waals surface area contributed by atoms with Crippen LogP contribution in [0, 0.1) is 5.82 Å². The summed E-state index contributed by atoms with van der Waals surface area (Å²) in [7, 11) is -3.51. The van der Waals surface area contributed by atoms with Crippen molar-refractivity contribution in [3.63, 3.8) is 0 Å². The van der Waals surface area contributed by atoms with E-state index in [4.69, 9.17) is 0 Å². The fourth-order valence-electron chi connectivity index (χ4n) is 1.92. The first-order valence-corrected chi connectivity index (χ1v) is 8.11. The minimum absolute atomic E-state index is 0.228. The molecule has 2 rings (SSSR count). The molecule has 0 saturated heterocycles. The monoisotopic (exact) mass is 377 g/mol. The lowest BCUT2D eigenvalue weighted by molar-refractivity contribution is -0.137. The van der Waals surface area contributed by atoms with Crippen molar-refractivity contribution in [1.82, 2.24) is 0 Å². The van der Waals surface area contributed by atoms with Gasteiger partial charge in [-0.05, 0) is 36.4 Å². The largest absolute Gasteiger partial charge is 0.465 e. The Morgan fingerprint density at radius 1 is 1.12 bits per heavy atom. The predicted molar refractivity (Wildman–Crippen MR) is 80.0 cm³/mol. The second-order valence-electron chi connectivity index (χ2n) is 4.82. The third-order valence-corrected chi connectivity index (χ3v) is 4.48. The molecule has 2 aromatic rings. The van der Waals surface area contributed by atoms with Crippen LogP contribution in [0.15, 0.2) is 47.4 Å². The van der Waals surface area contributed by atoms with Crippen molar-refractivity contribution >= 4 is 21.7 Å². The zero-order valence-corrected chi connectivity index (χ0v) is 13.4. The molecule has 0 radical (unpaired) electrons. The van der Waals surface area contributed by atoms with E-state index in [2.05, 4.69) is 4.74 Å². The normalized spacial score (nSPS) is 11.9. The van der Waals surface area contributed by atoms with E-state index >= 15 is 0 Å². The Balaban J connectivity index is 2.42. The molecule has 0 heterocycles. The number of alkyl halides is 3. The fourth-order valence-corrected chi connectivity index (χ4v) is 3.08. The van der Waals surface area contributed by atoms with Crippen LogP contribution >= 0.6 is 0 Å². The molecule has 0 aliphatic rings. The van der Waals surface area contributed by atoms with Gasteiger partial charge >= 0.3 is 12.1 Å². The summed E-state index contributed by atoms with van der Waals surface area (Å²) in [6.07, 6.45) is -4.67. The molecule has 0 atom stereocenters. The molecule has 0 aliphatic carbocycles. The zero-order valence-electron chi connectivity index (χ0n) is 12.6. The molecule has 2 aromatic carbocycles. The lowest BCUT2D eigenvalue weighted by Gasteiger charge is -2.12. The number of anilines is 1. The number of esters is 1. The van der Waals surface area contributed by atoms with Gasteiger partial charge in [0.05, 0.1) is 18.2 Å². The summed E-state index contributed by atoms with van der Waals surface area (Å²) in [5, 5.41) is 0. The number of hydrogen-bond acceptors (Lipinski definition) is 4. The van der Waals surface area contributed by atoms with Gasteiger partial charge in [-0.2, -0.15) is 13.2 Å². The van der Waals surface area contributed by atoms with Gasteiger partial charge < -0.3 is 4.74 Å². The minimum Gasteiger partial charge on any atom is -0.465 e. The summed E-state index contributed by atoms with van der Waals surface area (Å²) in [5.74, 6) is -2.07. The van der Waals surface area contributed by atoms with Gasteiger partial charge in [0.15, 0.2) is 0 Å². The third-order valence-electron chi connectivity index (χ3n) is 3.08. The Morgan fingerprint density at radius 2 is 1.80 bits per heavy atom. The van der Waals surface area contributed by atoms with Gasteiger partial charge in [-0.15, -0.1) is 0 Å². The second-order valence-corrected chi connectivity index (χ2v) is 6.47. The number of rotatable bonds is 4. The lowest BCUT2D eigenvalue weighted by Crippen LogP contribution is -2.16. The highest BCUT2D eigenvalue weighted by Crippen LogP contribution is 2.31. The van der Waals surface area contributed by atoms with Crippen molar-refractivity contribution in [2.75, 3.05) is 11.8 Å². The van der Waals surface area contributed by atoms with Crippen molar-refractivity contribution in [3.05, 3.63) is 59.4 Å². The van der Waals surface area contributed by atoms with Crippen LogP contribution in [-0.2, 0) is 20.9 Å². The summed E-state index contributed by atoms with van der Waals surface area (Å²) in [6.45, 7) is 0. The Kier molecular flexibility index (Phi) is 5.02. The maximum Gasteiger partial charge on any atom is 0.416 e. The molecule has 0 aliphatic heterocycles. The molecule has 0 spiro atoms. The molecular weight excluding hydrogens is 366 g/mol. The molecule has 0 bridgehead atoms. The highest BCUT2D eigenvalue weighted by atomic mass is 32.2. The molecule has 25 heavy (non-hydrogen) atoms. The van der Waals surface area contributed by atoms with Crippen molar-refractivity contribution in [2.45, 2.75) is 11.1 Å². The quantitative estimate of drug-likeness (QED) is 0.655. The number of ether oxygens (including phenoxy) is 1. The van der Waals surface area contributed by atoms with E-state index in [1.165, 1.54) is 0 Å². The summed E-state index contributed by atoms with van der Waals surface area (Å²) >= 11 is 0. The van der Waals surface area contributed by atoms with Crippen LogP contribution in [0.25, 0.3) is 0 Å². The summed E-state index contributed by atoms with van der Waals surface area (Å²) in [5.41, 5.74) is -1.71. The van der Waals surface area contributed by atoms with Crippen LogP contribution in [0.5, 0.6) is 0 Å². The molecule has 0 unspecified atom stereocenters. The first-order chi connectivity index (χ1) is 11.5. The third kappa shape index (κ3) is 4.27. The first kappa shape index (κ1) is 18.7. The first-order valence-electron chi connectivity index (χ1n) is 6.62. The summed E-state index contributed by atoms with van der Waals surface area (Å²) < 4.78 is 82.7. The maximum absolute atomic E-state index is 13.9. The number of nitrogens with one attached hydrogen (secondary N) is 1. The molecule has 10 heteroatoms. The number of halogens is 4. The number of benzene rings is 2. The van der Waals surface area contributed by atoms with Gasteiger partial charge in [0, 0.05) is 5.69 Å². The van der Waals surface area contributed by atoms with Crippen LogP contribution < -0.4 is 4.72 Å². The van der Waals surface area contributed by atoms with Gasteiger partial charge in [-0.3, -0.25) is 4.72 Å². The van der Waals surface area contributed by atoms with Crippen LogP contribution in [0.3, 0.4) is 0 Å². The van der Waals surface area contributed by atoms with Crippen LogP contribution in [-0.4, -0.2) is 21.5 Å². The number of sulfonamides is 1. The Bertz CT molecular complexity index is 910. The summed E-state index contributed by atoms with van der Waals surface area (Å²) in [6, 6.07) is 5.90. The van der Waals surface area contributed by atoms with Crippen molar-refractivity contribution < 1.29 is 35.5 Å². The van der Waals surface area contributed by atoms with E-state index in [9.17, 15) is 30.8 Å². The van der Waals surface area contributed by atoms with E-state index in [0.29, 0.717) is 6.07 Å². The van der Waals surface area contributed by atoms with Gasteiger partial charge in [-0.1, -0.05) is 6.07 Å². The second kappa shape index (κ2) is 6.71. The Labute approximate surface area is 140 Å². The molecule has 134 valence electrons. The highest BCUT2D eigenvalue weighted by Gasteiger charge is 2.31. The maximum atomic E-state index is 13.9. The predicted octanol–water partition coefficient (Wildman–Crippen LogP) is 3.43. The van der Waals surface area contributed by atoms with E-state index in [-0.39, 0.29) is 5.56 Å². The molecular formula is C15H11F4NO4S. The van der Waals surface area contributed by atoms with E-state index < -0.39 is 44.1 Å². The summed E-state index contributed by atoms with van der Waals surface area (Å²) in [4.78, 5) is 10.5. The van der Waals surface area contributed by atoms with Crippen LogP contribution in [0.2, 0.25) is 0 Å². The molecule has 1 N–H and O–H groups in total. The van der Waals surface area contributed by atoms with Gasteiger partial charge in [0.25, 0.3) is 10.0 Å². The van der Waals surface area contributed by atoms with E-state index in [1.54, 1.807) is 0 Å². The Morgan fingerprint density at radius 3 is 2.40 bits per heavy atom. The van der Waals surface area contributed by atoms with Crippen LogP contribution in [0.1, 0.15) is 15.9 Å². The average molecular weight is 377 g/mol. The van der Waals surface area contributed by atoms with E-state index in [1.807, 2.05) is 4.72 Å². The number of carbonyl (C=O) groups excluding carboxylic acids is 1. The standard InChI is InChI=1S/C15H11F4NO4S/c1-24-14(21)9-5-6-12(16)13(7-9)25(22,23)20-11-4-2-3-10(8-11)15(17,18)19/h2-8,20H,1H3. The van der Waals surface area contributed by atoms with Gasteiger partial charge in [0.1, 0.15) is 10.7 Å². The minimum atomic E-state index is -4.67. The average Bonchev–Trinajstić information content (AvgIpc) is 2.53.